The van der Waals surface area contributed by atoms with Gasteiger partial charge in [0, 0.05) is 42.8 Å². The Balaban J connectivity index is 1.59. The molecule has 9 heteroatoms. The summed E-state index contributed by atoms with van der Waals surface area (Å²) in [6.07, 6.45) is 0.847. The minimum Gasteiger partial charge on any atom is -0.364 e. The molecule has 0 saturated carbocycles. The number of rotatable bonds is 5. The Morgan fingerprint density at radius 2 is 1.67 bits per heavy atom. The summed E-state index contributed by atoms with van der Waals surface area (Å²) in [5.74, 6) is 0.225. The van der Waals surface area contributed by atoms with Gasteiger partial charge in [-0.3, -0.25) is 9.69 Å². The van der Waals surface area contributed by atoms with Crippen molar-refractivity contribution in [2.45, 2.75) is 25.4 Å². The maximum atomic E-state index is 13.2. The van der Waals surface area contributed by atoms with E-state index in [1.165, 1.54) is 4.57 Å². The second kappa shape index (κ2) is 11.1. The van der Waals surface area contributed by atoms with E-state index in [-0.39, 0.29) is 29.0 Å². The molecule has 1 aliphatic rings. The van der Waals surface area contributed by atoms with Crippen LogP contribution in [-0.2, 0) is 7.05 Å². The number of pyridine rings is 2. The Hall–Kier alpha value is -3.88. The van der Waals surface area contributed by atoms with Crippen LogP contribution in [0.15, 0.2) is 65.5 Å². The average molecular weight is 557 g/mol. The van der Waals surface area contributed by atoms with Crippen molar-refractivity contribution in [1.29, 1.82) is 5.26 Å². The summed E-state index contributed by atoms with van der Waals surface area (Å²) in [5.41, 5.74) is 3.52. The first-order valence-corrected chi connectivity index (χ1v) is 13.4. The number of hydrogen-bond donors (Lipinski definition) is 0. The first kappa shape index (κ1) is 26.7. The second-order valence-electron chi connectivity index (χ2n) is 9.60. The molecule has 0 aliphatic carbocycles. The van der Waals surface area contributed by atoms with Crippen LogP contribution >= 0.6 is 23.2 Å². The van der Waals surface area contributed by atoms with Gasteiger partial charge in [-0.25, -0.2) is 0 Å². The summed E-state index contributed by atoms with van der Waals surface area (Å²) >= 11 is 12.4. The largest absolute Gasteiger partial charge is 0.364 e. The number of aromatic nitrogens is 2. The molecule has 2 aromatic heterocycles. The lowest BCUT2D eigenvalue weighted by Crippen LogP contribution is -2.54. The number of nitrogens with zero attached hydrogens (tertiary/aromatic N) is 6. The molecule has 1 aliphatic heterocycles. The van der Waals surface area contributed by atoms with Crippen molar-refractivity contribution in [3.8, 4) is 6.07 Å². The zero-order chi connectivity index (χ0) is 27.7. The monoisotopic (exact) mass is 556 g/mol. The smallest absolute Gasteiger partial charge is 0.271 e. The quantitative estimate of drug-likeness (QED) is 0.268. The van der Waals surface area contributed by atoms with E-state index in [2.05, 4.69) is 56.9 Å². The zero-order valence-corrected chi connectivity index (χ0v) is 23.1. The number of fused-ring (bicyclic) bond motifs is 1. The first-order chi connectivity index (χ1) is 18.9. The molecule has 5 rings (SSSR count). The fraction of sp³-hybridized carbons (Fsp3) is 0.267. The van der Waals surface area contributed by atoms with E-state index in [0.717, 1.165) is 17.5 Å². The second-order valence-corrected chi connectivity index (χ2v) is 10.5. The Morgan fingerprint density at radius 1 is 1.05 bits per heavy atom. The van der Waals surface area contributed by atoms with Crippen molar-refractivity contribution in [1.82, 2.24) is 14.5 Å². The molecule has 0 bridgehead atoms. The molecule has 196 valence electrons. The van der Waals surface area contributed by atoms with Crippen LogP contribution in [0, 0.1) is 17.9 Å². The minimum atomic E-state index is -0.368. The Kier molecular flexibility index (Phi) is 7.59. The van der Waals surface area contributed by atoms with Gasteiger partial charge in [0.1, 0.15) is 17.3 Å². The van der Waals surface area contributed by atoms with Crippen molar-refractivity contribution in [3.05, 3.63) is 109 Å². The molecule has 39 heavy (non-hydrogen) atoms. The lowest BCUT2D eigenvalue weighted by Gasteiger charge is -2.46. The third-order valence-electron chi connectivity index (χ3n) is 7.45. The van der Waals surface area contributed by atoms with Gasteiger partial charge in [0.25, 0.3) is 11.4 Å². The molecule has 4 aromatic rings. The van der Waals surface area contributed by atoms with Crippen molar-refractivity contribution >= 4 is 45.7 Å². The summed E-state index contributed by atoms with van der Waals surface area (Å²) in [6, 6.07) is 21.4. The highest BCUT2D eigenvalue weighted by Gasteiger charge is 2.35. The number of anilines is 1. The molecule has 2 aromatic carbocycles. The van der Waals surface area contributed by atoms with Crippen molar-refractivity contribution in [2.75, 3.05) is 24.5 Å². The van der Waals surface area contributed by atoms with E-state index in [1.807, 2.05) is 24.3 Å². The normalized spacial score (nSPS) is 15.9. The number of halogens is 2. The first-order valence-electron chi connectivity index (χ1n) is 12.7. The van der Waals surface area contributed by atoms with Crippen LogP contribution in [0.25, 0.3) is 15.9 Å². The fourth-order valence-electron chi connectivity index (χ4n) is 5.50. The zero-order valence-electron chi connectivity index (χ0n) is 21.6. The van der Waals surface area contributed by atoms with Gasteiger partial charge >= 0.3 is 0 Å². The van der Waals surface area contributed by atoms with Gasteiger partial charge in [-0.05, 0) is 53.9 Å². The highest BCUT2D eigenvalue weighted by atomic mass is 35.5. The molecule has 0 N–H and O–H groups in total. The fourth-order valence-corrected chi connectivity index (χ4v) is 5.75. The highest BCUT2D eigenvalue weighted by Crippen LogP contribution is 2.37. The van der Waals surface area contributed by atoms with Crippen LogP contribution in [0.2, 0.25) is 10.0 Å². The lowest BCUT2D eigenvalue weighted by molar-refractivity contribution is 0.135. The third-order valence-corrected chi connectivity index (χ3v) is 7.95. The minimum absolute atomic E-state index is 0.0331. The van der Waals surface area contributed by atoms with Crippen molar-refractivity contribution in [3.63, 3.8) is 0 Å². The summed E-state index contributed by atoms with van der Waals surface area (Å²) in [5, 5.41) is 11.4. The number of nitriles is 1. The molecule has 0 amide bonds. The number of aryl methyl sites for hydroxylation is 1. The van der Waals surface area contributed by atoms with Crippen LogP contribution in [0.4, 0.5) is 11.5 Å². The molecule has 0 unspecified atom stereocenters. The highest BCUT2D eigenvalue weighted by molar-refractivity contribution is 6.30. The van der Waals surface area contributed by atoms with Crippen LogP contribution in [0.1, 0.15) is 36.1 Å². The average Bonchev–Trinajstić information content (AvgIpc) is 2.96. The lowest BCUT2D eigenvalue weighted by atomic mass is 9.93. The van der Waals surface area contributed by atoms with E-state index in [1.54, 1.807) is 19.2 Å². The maximum absolute atomic E-state index is 13.2. The molecular formula is C30H26Cl2N6O. The predicted molar refractivity (Wildman–Crippen MR) is 156 cm³/mol. The number of hydrogen-bond acceptors (Lipinski definition) is 5. The van der Waals surface area contributed by atoms with Crippen LogP contribution in [0.5, 0.6) is 0 Å². The van der Waals surface area contributed by atoms with Crippen LogP contribution < -0.4 is 10.5 Å². The topological polar surface area (TPSA) is 69.5 Å². The van der Waals surface area contributed by atoms with Crippen molar-refractivity contribution < 1.29 is 0 Å². The van der Waals surface area contributed by atoms with Gasteiger partial charge in [0.2, 0.25) is 5.52 Å². The van der Waals surface area contributed by atoms with Crippen LogP contribution in [-0.4, -0.2) is 40.1 Å². The van der Waals surface area contributed by atoms with Gasteiger partial charge in [-0.2, -0.15) is 5.26 Å². The van der Waals surface area contributed by atoms with E-state index in [0.29, 0.717) is 46.4 Å². The summed E-state index contributed by atoms with van der Waals surface area (Å²) in [6.45, 7) is 11.4. The van der Waals surface area contributed by atoms with Gasteiger partial charge in [-0.15, -0.1) is 4.98 Å². The van der Waals surface area contributed by atoms with Gasteiger partial charge < -0.3 is 14.3 Å². The molecule has 1 atom stereocenters. The van der Waals surface area contributed by atoms with E-state index in [9.17, 15) is 10.1 Å². The standard InChI is InChI=1S/C30H26Cl2N6O/c1-4-23-18-37(29-24(17-33)30(39)36(3)25-13-14-26(34-2)35-27(25)29)15-16-38(23)28(19-5-9-21(31)10-6-19)20-7-11-22(32)12-8-20/h5-14,23,28H,4,15-16,18H2,1,3H3/t23-/m1/s1. The van der Waals surface area contributed by atoms with E-state index < -0.39 is 0 Å². The summed E-state index contributed by atoms with van der Waals surface area (Å²) in [7, 11) is 1.63. The Labute approximate surface area is 237 Å². The molecule has 1 saturated heterocycles. The Morgan fingerprint density at radius 3 is 2.21 bits per heavy atom. The SMILES string of the molecule is [C-]#[N+]c1ccc2c(n1)c(N1CCN(C(c3ccc(Cl)cc3)c3ccc(Cl)cc3)[C@H](CC)C1)c(C#N)c(=O)n2C. The number of benzene rings is 2. The summed E-state index contributed by atoms with van der Waals surface area (Å²) in [4.78, 5) is 25.8. The van der Waals surface area contributed by atoms with Crippen LogP contribution in [0.3, 0.4) is 0 Å². The number of piperazine rings is 1. The molecule has 7 nitrogen and oxygen atoms in total. The molecule has 0 spiro atoms. The van der Waals surface area contributed by atoms with Gasteiger partial charge in [0.05, 0.1) is 11.6 Å². The molecule has 1 fully saturated rings. The third kappa shape index (κ3) is 4.97. The molecule has 0 radical (unpaired) electrons. The summed E-state index contributed by atoms with van der Waals surface area (Å²) < 4.78 is 1.43. The Bertz CT molecular complexity index is 1620. The van der Waals surface area contributed by atoms with E-state index in [4.69, 9.17) is 29.8 Å². The molecule has 3 heterocycles. The predicted octanol–water partition coefficient (Wildman–Crippen LogP) is 6.35. The maximum Gasteiger partial charge on any atom is 0.271 e. The molecular weight excluding hydrogens is 531 g/mol. The van der Waals surface area contributed by atoms with Crippen molar-refractivity contribution in [2.24, 2.45) is 7.05 Å². The van der Waals surface area contributed by atoms with E-state index >= 15 is 0 Å². The van der Waals surface area contributed by atoms with Gasteiger partial charge in [0.15, 0.2) is 0 Å². The van der Waals surface area contributed by atoms with Gasteiger partial charge in [-0.1, -0.05) is 61.0 Å².